The third-order valence-electron chi connectivity index (χ3n) is 4.26. The molecule has 0 spiro atoms. The summed E-state index contributed by atoms with van der Waals surface area (Å²) in [6.45, 7) is 9.23. The SMILES string of the molecule is CC(C)CNCC1CCCCN1CCc1ccnn1C. The zero-order chi connectivity index (χ0) is 14.4. The van der Waals surface area contributed by atoms with Gasteiger partial charge in [0.25, 0.3) is 0 Å². The van der Waals surface area contributed by atoms with Gasteiger partial charge < -0.3 is 5.32 Å². The van der Waals surface area contributed by atoms with E-state index in [0.29, 0.717) is 0 Å². The molecule has 1 N–H and O–H groups in total. The Morgan fingerprint density at radius 2 is 2.25 bits per heavy atom. The van der Waals surface area contributed by atoms with Gasteiger partial charge in [0, 0.05) is 44.5 Å². The number of rotatable bonds is 7. The number of hydrogen-bond acceptors (Lipinski definition) is 3. The van der Waals surface area contributed by atoms with Crippen LogP contribution in [0.3, 0.4) is 0 Å². The number of nitrogens with one attached hydrogen (secondary N) is 1. The standard InChI is InChI=1S/C16H30N4/c1-14(2)12-17-13-16-6-4-5-10-20(16)11-8-15-7-9-18-19(15)3/h7,9,14,16-17H,4-6,8,10-13H2,1-3H3. The minimum atomic E-state index is 0.718. The topological polar surface area (TPSA) is 33.1 Å². The molecule has 1 aromatic rings. The first-order valence-electron chi connectivity index (χ1n) is 8.08. The lowest BCUT2D eigenvalue weighted by atomic mass is 10.0. The van der Waals surface area contributed by atoms with Crippen molar-refractivity contribution < 1.29 is 0 Å². The Bertz CT molecular complexity index is 386. The summed E-state index contributed by atoms with van der Waals surface area (Å²) in [5.74, 6) is 0.737. The second-order valence-corrected chi connectivity index (χ2v) is 6.43. The van der Waals surface area contributed by atoms with Crippen LogP contribution in [0.1, 0.15) is 38.8 Å². The van der Waals surface area contributed by atoms with Crippen molar-refractivity contribution >= 4 is 0 Å². The van der Waals surface area contributed by atoms with Crippen molar-refractivity contribution in [2.24, 2.45) is 13.0 Å². The summed E-state index contributed by atoms with van der Waals surface area (Å²) in [6, 6.07) is 2.85. The van der Waals surface area contributed by atoms with Crippen LogP contribution < -0.4 is 5.32 Å². The molecule has 0 bridgehead atoms. The predicted octanol–water partition coefficient (Wildman–Crippen LogP) is 2.06. The minimum Gasteiger partial charge on any atom is -0.315 e. The lowest BCUT2D eigenvalue weighted by molar-refractivity contribution is 0.145. The summed E-state index contributed by atoms with van der Waals surface area (Å²) in [4.78, 5) is 2.67. The van der Waals surface area contributed by atoms with Gasteiger partial charge in [-0.3, -0.25) is 9.58 Å². The molecule has 0 amide bonds. The quantitative estimate of drug-likeness (QED) is 0.829. The highest BCUT2D eigenvalue weighted by Gasteiger charge is 2.21. The maximum Gasteiger partial charge on any atom is 0.0492 e. The zero-order valence-corrected chi connectivity index (χ0v) is 13.3. The smallest absolute Gasteiger partial charge is 0.0492 e. The zero-order valence-electron chi connectivity index (χ0n) is 13.3. The molecule has 0 saturated carbocycles. The highest BCUT2D eigenvalue weighted by atomic mass is 15.3. The Balaban J connectivity index is 1.79. The minimum absolute atomic E-state index is 0.718. The molecule has 4 nitrogen and oxygen atoms in total. The van der Waals surface area contributed by atoms with Gasteiger partial charge in [0.15, 0.2) is 0 Å². The highest BCUT2D eigenvalue weighted by molar-refractivity contribution is 5.00. The second kappa shape index (κ2) is 7.79. The van der Waals surface area contributed by atoms with Crippen LogP contribution in [0.2, 0.25) is 0 Å². The van der Waals surface area contributed by atoms with Crippen LogP contribution >= 0.6 is 0 Å². The Morgan fingerprint density at radius 1 is 1.40 bits per heavy atom. The summed E-state index contributed by atoms with van der Waals surface area (Å²) in [6.07, 6.45) is 7.09. The lowest BCUT2D eigenvalue weighted by Crippen LogP contribution is -2.46. The van der Waals surface area contributed by atoms with Crippen LogP contribution in [0, 0.1) is 5.92 Å². The van der Waals surface area contributed by atoms with Gasteiger partial charge in [-0.05, 0) is 37.9 Å². The molecule has 2 heterocycles. The first kappa shape index (κ1) is 15.5. The van der Waals surface area contributed by atoms with E-state index in [0.717, 1.165) is 38.0 Å². The van der Waals surface area contributed by atoms with Crippen molar-refractivity contribution in [2.45, 2.75) is 45.6 Å². The Morgan fingerprint density at radius 3 is 2.95 bits per heavy atom. The maximum atomic E-state index is 4.25. The summed E-state index contributed by atoms with van der Waals surface area (Å²) >= 11 is 0. The molecule has 1 fully saturated rings. The molecule has 2 rings (SSSR count). The van der Waals surface area contributed by atoms with Crippen molar-refractivity contribution in [1.29, 1.82) is 0 Å². The number of aryl methyl sites for hydroxylation is 1. The van der Waals surface area contributed by atoms with Gasteiger partial charge in [-0.25, -0.2) is 0 Å². The molecule has 1 saturated heterocycles. The molecule has 114 valence electrons. The fourth-order valence-electron chi connectivity index (χ4n) is 3.03. The van der Waals surface area contributed by atoms with E-state index >= 15 is 0 Å². The lowest BCUT2D eigenvalue weighted by Gasteiger charge is -2.36. The molecule has 1 atom stereocenters. The first-order chi connectivity index (χ1) is 9.66. The van der Waals surface area contributed by atoms with Gasteiger partial charge in [0.2, 0.25) is 0 Å². The van der Waals surface area contributed by atoms with Crippen LogP contribution in [0.25, 0.3) is 0 Å². The van der Waals surface area contributed by atoms with Gasteiger partial charge in [0.05, 0.1) is 0 Å². The normalized spacial score (nSPS) is 20.7. The van der Waals surface area contributed by atoms with Crippen LogP contribution in [0.4, 0.5) is 0 Å². The van der Waals surface area contributed by atoms with Crippen LogP contribution in [0.15, 0.2) is 12.3 Å². The molecule has 0 aromatic carbocycles. The monoisotopic (exact) mass is 278 g/mol. The number of nitrogens with zero attached hydrogens (tertiary/aromatic N) is 3. The fraction of sp³-hybridized carbons (Fsp3) is 0.812. The van der Waals surface area contributed by atoms with Crippen molar-refractivity contribution in [3.8, 4) is 0 Å². The molecule has 20 heavy (non-hydrogen) atoms. The van der Waals surface area contributed by atoms with E-state index in [1.54, 1.807) is 0 Å². The van der Waals surface area contributed by atoms with Gasteiger partial charge in [0.1, 0.15) is 0 Å². The number of hydrogen-bond donors (Lipinski definition) is 1. The number of likely N-dealkylation sites (tertiary alicyclic amines) is 1. The molecular formula is C16H30N4. The molecule has 4 heteroatoms. The molecule has 0 radical (unpaired) electrons. The van der Waals surface area contributed by atoms with E-state index < -0.39 is 0 Å². The average molecular weight is 278 g/mol. The Kier molecular flexibility index (Phi) is 6.05. The van der Waals surface area contributed by atoms with Crippen LogP contribution in [0.5, 0.6) is 0 Å². The average Bonchev–Trinajstić information content (AvgIpc) is 2.83. The van der Waals surface area contributed by atoms with E-state index in [2.05, 4.69) is 35.2 Å². The second-order valence-electron chi connectivity index (χ2n) is 6.43. The summed E-state index contributed by atoms with van der Waals surface area (Å²) in [7, 11) is 2.03. The van der Waals surface area contributed by atoms with E-state index in [4.69, 9.17) is 0 Å². The fourth-order valence-corrected chi connectivity index (χ4v) is 3.03. The largest absolute Gasteiger partial charge is 0.315 e. The van der Waals surface area contributed by atoms with Gasteiger partial charge in [-0.15, -0.1) is 0 Å². The van der Waals surface area contributed by atoms with Crippen LogP contribution in [-0.4, -0.2) is 46.9 Å². The number of aromatic nitrogens is 2. The Hall–Kier alpha value is -0.870. The van der Waals surface area contributed by atoms with Crippen LogP contribution in [-0.2, 0) is 13.5 Å². The van der Waals surface area contributed by atoms with Gasteiger partial charge in [-0.2, -0.15) is 5.10 Å². The van der Waals surface area contributed by atoms with E-state index in [-0.39, 0.29) is 0 Å². The van der Waals surface area contributed by atoms with Gasteiger partial charge >= 0.3 is 0 Å². The maximum absolute atomic E-state index is 4.25. The van der Waals surface area contributed by atoms with E-state index in [9.17, 15) is 0 Å². The van der Waals surface area contributed by atoms with Gasteiger partial charge in [-0.1, -0.05) is 20.3 Å². The molecule has 1 unspecified atom stereocenters. The molecule has 1 aromatic heterocycles. The molecular weight excluding hydrogens is 248 g/mol. The molecule has 1 aliphatic rings. The highest BCUT2D eigenvalue weighted by Crippen LogP contribution is 2.17. The molecule has 0 aliphatic carbocycles. The van der Waals surface area contributed by atoms with E-state index in [1.165, 1.54) is 31.5 Å². The van der Waals surface area contributed by atoms with E-state index in [1.807, 2.05) is 17.9 Å². The summed E-state index contributed by atoms with van der Waals surface area (Å²) in [5.41, 5.74) is 1.34. The summed E-state index contributed by atoms with van der Waals surface area (Å²) in [5, 5.41) is 7.88. The Labute approximate surface area is 123 Å². The van der Waals surface area contributed by atoms with Crippen molar-refractivity contribution in [1.82, 2.24) is 20.0 Å². The van der Waals surface area contributed by atoms with Crippen molar-refractivity contribution in [3.63, 3.8) is 0 Å². The van der Waals surface area contributed by atoms with Crippen molar-refractivity contribution in [2.75, 3.05) is 26.2 Å². The van der Waals surface area contributed by atoms with Crippen molar-refractivity contribution in [3.05, 3.63) is 18.0 Å². The third-order valence-corrected chi connectivity index (χ3v) is 4.26. The summed E-state index contributed by atoms with van der Waals surface area (Å²) < 4.78 is 2.00. The number of piperidine rings is 1. The predicted molar refractivity (Wildman–Crippen MR) is 83.8 cm³/mol. The third kappa shape index (κ3) is 4.60. The molecule has 1 aliphatic heterocycles. The first-order valence-corrected chi connectivity index (χ1v) is 8.08.